The first-order valence-corrected chi connectivity index (χ1v) is 5.38. The normalized spacial score (nSPS) is 20.0. The van der Waals surface area contributed by atoms with Gasteiger partial charge in [0.05, 0.1) is 12.0 Å². The molecule has 2 heteroatoms. The molecule has 1 aliphatic rings. The summed E-state index contributed by atoms with van der Waals surface area (Å²) in [6.45, 7) is 8.66. The van der Waals surface area contributed by atoms with Gasteiger partial charge in [0.1, 0.15) is 0 Å². The molecule has 80 valence electrons. The van der Waals surface area contributed by atoms with E-state index in [1.165, 1.54) is 11.1 Å². The third kappa shape index (κ3) is 1.84. The maximum Gasteiger partial charge on any atom is 0.312 e. The monoisotopic (exact) mass is 196 g/mol. The highest BCUT2D eigenvalue weighted by molar-refractivity contribution is 5.78. The first kappa shape index (κ1) is 11.3. The Balaban J connectivity index is 2.77. The molecule has 0 bridgehead atoms. The van der Waals surface area contributed by atoms with Crippen molar-refractivity contribution in [3.63, 3.8) is 0 Å². The van der Waals surface area contributed by atoms with Crippen molar-refractivity contribution in [2.45, 2.75) is 47.0 Å². The van der Waals surface area contributed by atoms with Gasteiger partial charge in [-0.3, -0.25) is 4.79 Å². The number of hydrogen-bond donors (Lipinski definition) is 0. The van der Waals surface area contributed by atoms with E-state index in [1.54, 1.807) is 0 Å². The van der Waals surface area contributed by atoms with E-state index in [0.29, 0.717) is 6.61 Å². The van der Waals surface area contributed by atoms with Crippen molar-refractivity contribution in [2.75, 3.05) is 6.61 Å². The Labute approximate surface area is 86.3 Å². The fraction of sp³-hybridized carbons (Fsp3) is 0.750. The zero-order chi connectivity index (χ0) is 10.8. The van der Waals surface area contributed by atoms with Crippen LogP contribution in [0.3, 0.4) is 0 Å². The van der Waals surface area contributed by atoms with Crippen molar-refractivity contribution in [1.82, 2.24) is 0 Å². The predicted molar refractivity (Wildman–Crippen MR) is 57.0 cm³/mol. The van der Waals surface area contributed by atoms with Gasteiger partial charge in [-0.15, -0.1) is 0 Å². The molecule has 0 unspecified atom stereocenters. The zero-order valence-electron chi connectivity index (χ0n) is 9.64. The number of allylic oxidation sites excluding steroid dienone is 2. The number of esters is 1. The molecule has 0 spiro atoms. The Morgan fingerprint density at radius 2 is 1.79 bits per heavy atom. The molecule has 2 nitrogen and oxygen atoms in total. The van der Waals surface area contributed by atoms with Gasteiger partial charge in [-0.25, -0.2) is 0 Å². The van der Waals surface area contributed by atoms with Crippen LogP contribution in [0.4, 0.5) is 0 Å². The van der Waals surface area contributed by atoms with E-state index in [0.717, 1.165) is 19.3 Å². The predicted octanol–water partition coefficient (Wildman–Crippen LogP) is 3.08. The van der Waals surface area contributed by atoms with Crippen LogP contribution in [-0.4, -0.2) is 12.6 Å². The largest absolute Gasteiger partial charge is 0.466 e. The van der Waals surface area contributed by atoms with Crippen molar-refractivity contribution in [3.05, 3.63) is 11.1 Å². The Morgan fingerprint density at radius 3 is 2.14 bits per heavy atom. The molecule has 0 radical (unpaired) electrons. The van der Waals surface area contributed by atoms with Crippen LogP contribution in [0.5, 0.6) is 0 Å². The lowest BCUT2D eigenvalue weighted by atomic mass is 9.81. The molecule has 0 aliphatic heterocycles. The van der Waals surface area contributed by atoms with Crippen LogP contribution in [0, 0.1) is 5.41 Å². The van der Waals surface area contributed by atoms with Crippen LogP contribution in [0.25, 0.3) is 0 Å². The molecule has 0 fully saturated rings. The third-order valence-corrected chi connectivity index (χ3v) is 3.32. The van der Waals surface area contributed by atoms with Gasteiger partial charge in [-0.1, -0.05) is 18.1 Å². The summed E-state index contributed by atoms with van der Waals surface area (Å²) in [5.41, 5.74) is 2.48. The quantitative estimate of drug-likeness (QED) is 0.512. The average Bonchev–Trinajstić information content (AvgIpc) is 2.44. The van der Waals surface area contributed by atoms with Crippen LogP contribution in [0.15, 0.2) is 11.1 Å². The van der Waals surface area contributed by atoms with E-state index >= 15 is 0 Å². The van der Waals surface area contributed by atoms with Crippen molar-refractivity contribution in [1.29, 1.82) is 0 Å². The van der Waals surface area contributed by atoms with Gasteiger partial charge in [-0.2, -0.15) is 0 Å². The van der Waals surface area contributed by atoms with Gasteiger partial charge in [0.15, 0.2) is 0 Å². The van der Waals surface area contributed by atoms with Gasteiger partial charge in [0, 0.05) is 0 Å². The molecule has 0 aromatic rings. The maximum absolute atomic E-state index is 11.8. The molecule has 1 aliphatic carbocycles. The lowest BCUT2D eigenvalue weighted by molar-refractivity contribution is -0.155. The molecule has 1 rings (SSSR count). The highest BCUT2D eigenvalue weighted by atomic mass is 16.5. The van der Waals surface area contributed by atoms with Crippen LogP contribution in [-0.2, 0) is 9.53 Å². The number of carbonyl (C=O) groups excluding carboxylic acids is 1. The molecule has 0 aromatic heterocycles. The molecule has 0 saturated heterocycles. The van der Waals surface area contributed by atoms with Gasteiger partial charge in [0.25, 0.3) is 0 Å². The standard InChI is InChI=1S/C12H20O2/c1-5-12(11(13)14-6-2)7-9(3)10(4)8-12/h5-8H2,1-4H3. The fourth-order valence-electron chi connectivity index (χ4n) is 2.20. The van der Waals surface area contributed by atoms with Gasteiger partial charge < -0.3 is 4.74 Å². The summed E-state index contributed by atoms with van der Waals surface area (Å²) in [5, 5.41) is 0. The summed E-state index contributed by atoms with van der Waals surface area (Å²) in [5.74, 6) is -0.0151. The zero-order valence-corrected chi connectivity index (χ0v) is 9.64. The number of carbonyl (C=O) groups is 1. The van der Waals surface area contributed by atoms with E-state index in [4.69, 9.17) is 4.74 Å². The lowest BCUT2D eigenvalue weighted by Crippen LogP contribution is -2.30. The summed E-state index contributed by atoms with van der Waals surface area (Å²) in [7, 11) is 0. The van der Waals surface area contributed by atoms with Crippen LogP contribution >= 0.6 is 0 Å². The second kappa shape index (κ2) is 4.16. The molecule has 0 aromatic carbocycles. The highest BCUT2D eigenvalue weighted by Gasteiger charge is 2.42. The number of hydrogen-bond acceptors (Lipinski definition) is 2. The summed E-state index contributed by atoms with van der Waals surface area (Å²) < 4.78 is 5.15. The topological polar surface area (TPSA) is 26.3 Å². The molecule has 0 atom stereocenters. The Kier molecular flexibility index (Phi) is 3.35. The summed E-state index contributed by atoms with van der Waals surface area (Å²) in [4.78, 5) is 11.8. The summed E-state index contributed by atoms with van der Waals surface area (Å²) in [6.07, 6.45) is 2.64. The minimum absolute atomic E-state index is 0.0151. The third-order valence-electron chi connectivity index (χ3n) is 3.32. The van der Waals surface area contributed by atoms with Gasteiger partial charge in [0.2, 0.25) is 0 Å². The SMILES string of the molecule is CCOC(=O)C1(CC)CC(C)=C(C)C1. The highest BCUT2D eigenvalue weighted by Crippen LogP contribution is 2.45. The van der Waals surface area contributed by atoms with Crippen LogP contribution < -0.4 is 0 Å². The Morgan fingerprint density at radius 1 is 1.29 bits per heavy atom. The van der Waals surface area contributed by atoms with E-state index in [9.17, 15) is 4.79 Å². The van der Waals surface area contributed by atoms with Gasteiger partial charge >= 0.3 is 5.97 Å². The van der Waals surface area contributed by atoms with Crippen LogP contribution in [0.1, 0.15) is 47.0 Å². The van der Waals surface area contributed by atoms with Crippen molar-refractivity contribution in [2.24, 2.45) is 5.41 Å². The summed E-state index contributed by atoms with van der Waals surface area (Å²) in [6, 6.07) is 0. The molecule has 0 amide bonds. The number of rotatable bonds is 3. The first-order valence-electron chi connectivity index (χ1n) is 5.38. The smallest absolute Gasteiger partial charge is 0.312 e. The van der Waals surface area contributed by atoms with E-state index in [1.807, 2.05) is 6.92 Å². The second-order valence-electron chi connectivity index (χ2n) is 4.27. The number of ether oxygens (including phenoxy) is 1. The second-order valence-corrected chi connectivity index (χ2v) is 4.27. The van der Waals surface area contributed by atoms with Crippen molar-refractivity contribution in [3.8, 4) is 0 Å². The molecule has 0 heterocycles. The maximum atomic E-state index is 11.8. The molecular formula is C12H20O2. The summed E-state index contributed by atoms with van der Waals surface area (Å²) >= 11 is 0. The van der Waals surface area contributed by atoms with E-state index in [2.05, 4.69) is 20.8 Å². The Hall–Kier alpha value is -0.790. The molecule has 0 saturated carbocycles. The van der Waals surface area contributed by atoms with Crippen molar-refractivity contribution >= 4 is 5.97 Å². The molecular weight excluding hydrogens is 176 g/mol. The van der Waals surface area contributed by atoms with Gasteiger partial charge in [-0.05, 0) is 40.0 Å². The van der Waals surface area contributed by atoms with E-state index in [-0.39, 0.29) is 11.4 Å². The molecule has 0 N–H and O–H groups in total. The van der Waals surface area contributed by atoms with E-state index < -0.39 is 0 Å². The van der Waals surface area contributed by atoms with Crippen LogP contribution in [0.2, 0.25) is 0 Å². The minimum Gasteiger partial charge on any atom is -0.466 e. The van der Waals surface area contributed by atoms with Crippen molar-refractivity contribution < 1.29 is 9.53 Å². The first-order chi connectivity index (χ1) is 6.55. The molecule has 14 heavy (non-hydrogen) atoms. The lowest BCUT2D eigenvalue weighted by Gasteiger charge is -2.25. The minimum atomic E-state index is -0.246. The average molecular weight is 196 g/mol. The fourth-order valence-corrected chi connectivity index (χ4v) is 2.20. The Bertz CT molecular complexity index is 249.